The summed E-state index contributed by atoms with van der Waals surface area (Å²) in [4.78, 5) is 39.5. The van der Waals surface area contributed by atoms with E-state index in [9.17, 15) is 14.4 Å². The minimum Gasteiger partial charge on any atom is -0.383 e. The van der Waals surface area contributed by atoms with Crippen LogP contribution in [0.25, 0.3) is 0 Å². The molecule has 0 spiro atoms. The van der Waals surface area contributed by atoms with Crippen LogP contribution in [-0.2, 0) is 21.6 Å². The second kappa shape index (κ2) is 7.83. The highest BCUT2D eigenvalue weighted by Gasteiger charge is 2.49. The Kier molecular flexibility index (Phi) is 5.61. The third-order valence-corrected chi connectivity index (χ3v) is 5.60. The van der Waals surface area contributed by atoms with Gasteiger partial charge in [0, 0.05) is 30.6 Å². The third kappa shape index (κ3) is 3.70. The van der Waals surface area contributed by atoms with Crippen LogP contribution < -0.4 is 5.32 Å². The number of carbonyl (C=O) groups is 3. The maximum absolute atomic E-state index is 13.1. The average molecular weight is 397 g/mol. The van der Waals surface area contributed by atoms with Crippen molar-refractivity contribution in [2.75, 3.05) is 20.3 Å². The summed E-state index contributed by atoms with van der Waals surface area (Å²) in [6, 6.07) is 8.67. The Morgan fingerprint density at radius 2 is 1.79 bits per heavy atom. The number of imide groups is 1. The van der Waals surface area contributed by atoms with E-state index < -0.39 is 17.5 Å². The zero-order valence-corrected chi connectivity index (χ0v) is 17.5. The number of benzene rings is 1. The highest BCUT2D eigenvalue weighted by Crippen LogP contribution is 2.29. The Morgan fingerprint density at radius 3 is 2.41 bits per heavy atom. The number of ketones is 1. The van der Waals surface area contributed by atoms with Crippen molar-refractivity contribution in [2.24, 2.45) is 0 Å². The van der Waals surface area contributed by atoms with Gasteiger partial charge in [0.2, 0.25) is 0 Å². The van der Waals surface area contributed by atoms with Crippen molar-refractivity contribution in [1.82, 2.24) is 14.8 Å². The molecule has 154 valence electrons. The number of amides is 3. The Morgan fingerprint density at radius 1 is 1.14 bits per heavy atom. The number of nitrogens with one attached hydrogen (secondary N) is 1. The van der Waals surface area contributed by atoms with E-state index >= 15 is 0 Å². The molecule has 0 bridgehead atoms. The second-order valence-corrected chi connectivity index (χ2v) is 7.66. The summed E-state index contributed by atoms with van der Waals surface area (Å²) in [5.74, 6) is -0.689. The first-order chi connectivity index (χ1) is 13.7. The van der Waals surface area contributed by atoms with E-state index in [0.717, 1.165) is 21.9 Å². The predicted molar refractivity (Wildman–Crippen MR) is 109 cm³/mol. The van der Waals surface area contributed by atoms with Gasteiger partial charge in [-0.1, -0.05) is 29.8 Å². The molecule has 0 aliphatic carbocycles. The van der Waals surface area contributed by atoms with Crippen LogP contribution in [-0.4, -0.2) is 47.4 Å². The Labute approximate surface area is 170 Å². The van der Waals surface area contributed by atoms with Gasteiger partial charge in [-0.05, 0) is 39.3 Å². The van der Waals surface area contributed by atoms with Gasteiger partial charge in [0.25, 0.3) is 5.91 Å². The Bertz CT molecular complexity index is 961. The maximum Gasteiger partial charge on any atom is 0.325 e. The van der Waals surface area contributed by atoms with Crippen LogP contribution >= 0.6 is 0 Å². The lowest BCUT2D eigenvalue weighted by Gasteiger charge is -2.22. The van der Waals surface area contributed by atoms with Gasteiger partial charge in [0.1, 0.15) is 5.54 Å². The van der Waals surface area contributed by atoms with Crippen molar-refractivity contribution >= 4 is 17.7 Å². The molecule has 3 amide bonds. The number of ether oxygens (including phenoxy) is 1. The Balaban J connectivity index is 1.82. The molecule has 0 saturated carbocycles. The number of aryl methyl sites for hydroxylation is 2. The first kappa shape index (κ1) is 20.8. The zero-order chi connectivity index (χ0) is 21.3. The molecule has 1 fully saturated rings. The monoisotopic (exact) mass is 397 g/mol. The molecular formula is C22H27N3O4. The standard InChI is InChI=1S/C22H27N3O4/c1-14-6-8-17(9-7-14)22(4)20(27)25(21(28)23-22)13-19(26)18-12-15(2)24(16(18)3)10-11-29-5/h6-9,12H,10-11,13H2,1-5H3,(H,23,28)/t22-/m1/s1. The van der Waals surface area contributed by atoms with Crippen molar-refractivity contribution in [2.45, 2.75) is 39.8 Å². The summed E-state index contributed by atoms with van der Waals surface area (Å²) in [5, 5.41) is 2.75. The number of methoxy groups -OCH3 is 1. The summed E-state index contributed by atoms with van der Waals surface area (Å²) in [6.07, 6.45) is 0. The van der Waals surface area contributed by atoms with E-state index in [1.54, 1.807) is 20.1 Å². The third-order valence-electron chi connectivity index (χ3n) is 5.60. The topological polar surface area (TPSA) is 80.6 Å². The number of urea groups is 1. The van der Waals surface area contributed by atoms with Crippen LogP contribution in [0.15, 0.2) is 30.3 Å². The smallest absolute Gasteiger partial charge is 0.325 e. The summed E-state index contributed by atoms with van der Waals surface area (Å²) in [7, 11) is 1.63. The molecule has 29 heavy (non-hydrogen) atoms. The highest BCUT2D eigenvalue weighted by molar-refractivity contribution is 6.11. The first-order valence-electron chi connectivity index (χ1n) is 9.59. The summed E-state index contributed by atoms with van der Waals surface area (Å²) in [5.41, 5.74) is 2.82. The Hall–Kier alpha value is -2.93. The lowest BCUT2D eigenvalue weighted by molar-refractivity contribution is -0.130. The molecule has 2 aromatic rings. The van der Waals surface area contributed by atoms with E-state index in [0.29, 0.717) is 24.3 Å². The number of nitrogens with zero attached hydrogens (tertiary/aromatic N) is 2. The average Bonchev–Trinajstić information content (AvgIpc) is 3.08. The summed E-state index contributed by atoms with van der Waals surface area (Å²) in [6.45, 7) is 8.27. The molecular weight excluding hydrogens is 370 g/mol. The fourth-order valence-corrected chi connectivity index (χ4v) is 3.76. The zero-order valence-electron chi connectivity index (χ0n) is 17.5. The lowest BCUT2D eigenvalue weighted by atomic mass is 9.91. The maximum atomic E-state index is 13.1. The van der Waals surface area contributed by atoms with Gasteiger partial charge in [0.05, 0.1) is 13.2 Å². The van der Waals surface area contributed by atoms with Crippen molar-refractivity contribution in [1.29, 1.82) is 0 Å². The highest BCUT2D eigenvalue weighted by atomic mass is 16.5. The van der Waals surface area contributed by atoms with Gasteiger partial charge in [-0.3, -0.25) is 14.5 Å². The van der Waals surface area contributed by atoms with E-state index in [2.05, 4.69) is 5.32 Å². The SMILES string of the molecule is COCCn1c(C)cc(C(=O)CN2C(=O)N[C@](C)(c3ccc(C)cc3)C2=O)c1C. The van der Waals surface area contributed by atoms with Crippen molar-refractivity contribution in [3.63, 3.8) is 0 Å². The molecule has 7 nitrogen and oxygen atoms in total. The first-order valence-corrected chi connectivity index (χ1v) is 9.59. The van der Waals surface area contributed by atoms with Gasteiger partial charge in [-0.25, -0.2) is 4.79 Å². The van der Waals surface area contributed by atoms with Crippen molar-refractivity contribution in [3.8, 4) is 0 Å². The van der Waals surface area contributed by atoms with E-state index in [4.69, 9.17) is 4.74 Å². The summed E-state index contributed by atoms with van der Waals surface area (Å²) >= 11 is 0. The molecule has 1 atom stereocenters. The fourth-order valence-electron chi connectivity index (χ4n) is 3.76. The number of aromatic nitrogens is 1. The van der Waals surface area contributed by atoms with Crippen LogP contribution in [0.2, 0.25) is 0 Å². The van der Waals surface area contributed by atoms with E-state index in [1.807, 2.05) is 49.6 Å². The van der Waals surface area contributed by atoms with Gasteiger partial charge >= 0.3 is 6.03 Å². The van der Waals surface area contributed by atoms with Gasteiger partial charge in [-0.15, -0.1) is 0 Å². The minimum atomic E-state index is -1.18. The molecule has 0 unspecified atom stereocenters. The van der Waals surface area contributed by atoms with E-state index in [-0.39, 0.29) is 12.3 Å². The minimum absolute atomic E-state index is 0.265. The molecule has 1 aromatic carbocycles. The molecule has 1 saturated heterocycles. The van der Waals surface area contributed by atoms with Gasteiger partial charge < -0.3 is 14.6 Å². The largest absolute Gasteiger partial charge is 0.383 e. The molecule has 1 aromatic heterocycles. The quantitative estimate of drug-likeness (QED) is 0.575. The lowest BCUT2D eigenvalue weighted by Crippen LogP contribution is -2.41. The number of Topliss-reactive ketones (excluding diaryl/α,β-unsaturated/α-hetero) is 1. The van der Waals surface area contributed by atoms with Crippen LogP contribution in [0.4, 0.5) is 4.79 Å². The number of hydrogen-bond donors (Lipinski definition) is 1. The number of hydrogen-bond acceptors (Lipinski definition) is 4. The van der Waals surface area contributed by atoms with Crippen molar-refractivity contribution < 1.29 is 19.1 Å². The number of carbonyl (C=O) groups excluding carboxylic acids is 3. The molecule has 0 radical (unpaired) electrons. The predicted octanol–water partition coefficient (Wildman–Crippen LogP) is 2.71. The number of rotatable bonds is 7. The second-order valence-electron chi connectivity index (χ2n) is 7.66. The fraction of sp³-hybridized carbons (Fsp3) is 0.409. The van der Waals surface area contributed by atoms with Gasteiger partial charge in [0.15, 0.2) is 5.78 Å². The molecule has 7 heteroatoms. The van der Waals surface area contributed by atoms with Crippen LogP contribution in [0, 0.1) is 20.8 Å². The summed E-state index contributed by atoms with van der Waals surface area (Å²) < 4.78 is 7.12. The molecule has 1 aliphatic heterocycles. The van der Waals surface area contributed by atoms with Gasteiger partial charge in [-0.2, -0.15) is 0 Å². The molecule has 2 heterocycles. The van der Waals surface area contributed by atoms with Crippen LogP contribution in [0.1, 0.15) is 39.8 Å². The molecule has 3 rings (SSSR count). The normalized spacial score (nSPS) is 19.0. The van der Waals surface area contributed by atoms with E-state index in [1.165, 1.54) is 0 Å². The van der Waals surface area contributed by atoms with Crippen LogP contribution in [0.5, 0.6) is 0 Å². The molecule has 1 N–H and O–H groups in total. The van der Waals surface area contributed by atoms with Crippen LogP contribution in [0.3, 0.4) is 0 Å². The molecule has 1 aliphatic rings. The van der Waals surface area contributed by atoms with Crippen molar-refractivity contribution in [3.05, 3.63) is 58.4 Å².